The second kappa shape index (κ2) is 8.51. The smallest absolute Gasteiger partial charge is 0.279 e. The van der Waals surface area contributed by atoms with E-state index < -0.39 is 5.60 Å². The van der Waals surface area contributed by atoms with Crippen molar-refractivity contribution in [1.29, 1.82) is 5.41 Å². The van der Waals surface area contributed by atoms with Gasteiger partial charge in [0.1, 0.15) is 30.5 Å². The zero-order valence-corrected chi connectivity index (χ0v) is 18.4. The Kier molecular flexibility index (Phi) is 5.76. The summed E-state index contributed by atoms with van der Waals surface area (Å²) in [6.45, 7) is 5.70. The molecule has 0 saturated heterocycles. The maximum atomic E-state index is 10.1. The van der Waals surface area contributed by atoms with Crippen molar-refractivity contribution in [2.24, 2.45) is 5.73 Å². The van der Waals surface area contributed by atoms with Crippen LogP contribution in [0, 0.1) is 12.3 Å². The molecule has 166 valence electrons. The van der Waals surface area contributed by atoms with Gasteiger partial charge in [0.25, 0.3) is 6.02 Å². The molecule has 1 aliphatic rings. The van der Waals surface area contributed by atoms with E-state index in [2.05, 4.69) is 11.1 Å². The second-order valence-corrected chi connectivity index (χ2v) is 8.53. The van der Waals surface area contributed by atoms with Gasteiger partial charge in [0.05, 0.1) is 11.5 Å². The first-order valence-corrected chi connectivity index (χ1v) is 10.4. The molecule has 1 aliphatic heterocycles. The van der Waals surface area contributed by atoms with E-state index in [1.54, 1.807) is 20.0 Å². The number of nitrogens with one attached hydrogen (secondary N) is 1. The van der Waals surface area contributed by atoms with Crippen LogP contribution in [0.2, 0.25) is 0 Å². The van der Waals surface area contributed by atoms with Crippen LogP contribution in [-0.4, -0.2) is 34.9 Å². The Balaban J connectivity index is 1.78. The fraction of sp³-hybridized carbons (Fsp3) is 0.280. The van der Waals surface area contributed by atoms with Crippen LogP contribution in [0.15, 0.2) is 54.9 Å². The maximum Gasteiger partial charge on any atom is 0.279 e. The molecule has 32 heavy (non-hydrogen) atoms. The standard InChI is InChI=1S/C25H27N3O4/c1-15-20(31-14-25(2,3)29)8-9-22-23(15)19(13-30-24(26)27)18-11-16(6-7-21(18)32-22)17-5-4-10-28-12-17/h4-12,19,29H,13-14H2,1-3H3,(H3,26,27)/t19-/m1/s1. The highest BCUT2D eigenvalue weighted by Crippen LogP contribution is 2.48. The molecule has 0 bridgehead atoms. The summed E-state index contributed by atoms with van der Waals surface area (Å²) in [5.74, 6) is 1.87. The normalized spacial score (nSPS) is 14.7. The van der Waals surface area contributed by atoms with Crippen LogP contribution in [0.25, 0.3) is 11.1 Å². The van der Waals surface area contributed by atoms with E-state index >= 15 is 0 Å². The van der Waals surface area contributed by atoms with E-state index in [0.717, 1.165) is 33.6 Å². The van der Waals surface area contributed by atoms with Crippen molar-refractivity contribution < 1.29 is 19.3 Å². The van der Waals surface area contributed by atoms with Crippen molar-refractivity contribution in [2.45, 2.75) is 32.3 Å². The SMILES string of the molecule is Cc1c(OCC(C)(C)O)ccc2c1[C@H](COC(=N)N)c1cc(-c3cccnc3)ccc1O2. The van der Waals surface area contributed by atoms with E-state index in [1.165, 1.54) is 0 Å². The number of nitrogens with two attached hydrogens (primary N) is 1. The van der Waals surface area contributed by atoms with Crippen LogP contribution in [-0.2, 0) is 4.74 Å². The molecular weight excluding hydrogens is 406 g/mol. The second-order valence-electron chi connectivity index (χ2n) is 8.53. The number of nitrogens with zero attached hydrogens (tertiary/aromatic N) is 1. The van der Waals surface area contributed by atoms with Gasteiger partial charge in [-0.3, -0.25) is 10.4 Å². The van der Waals surface area contributed by atoms with Crippen LogP contribution >= 0.6 is 0 Å². The van der Waals surface area contributed by atoms with Gasteiger partial charge >= 0.3 is 0 Å². The molecule has 1 aromatic heterocycles. The summed E-state index contributed by atoms with van der Waals surface area (Å²) in [4.78, 5) is 4.22. The zero-order valence-electron chi connectivity index (χ0n) is 18.4. The Bertz CT molecular complexity index is 1140. The molecule has 2 heterocycles. The van der Waals surface area contributed by atoms with E-state index in [4.69, 9.17) is 25.4 Å². The topological polar surface area (TPSA) is 111 Å². The first kappa shape index (κ1) is 21.6. The van der Waals surface area contributed by atoms with Crippen LogP contribution in [0.1, 0.15) is 36.5 Å². The average molecular weight is 434 g/mol. The quantitative estimate of drug-likeness (QED) is 0.394. The Morgan fingerprint density at radius 2 is 1.97 bits per heavy atom. The number of pyridine rings is 1. The third-order valence-corrected chi connectivity index (χ3v) is 5.36. The number of amidine groups is 1. The summed E-state index contributed by atoms with van der Waals surface area (Å²) in [5.41, 5.74) is 9.28. The number of benzene rings is 2. The fourth-order valence-electron chi connectivity index (χ4n) is 3.86. The lowest BCUT2D eigenvalue weighted by atomic mass is 9.84. The van der Waals surface area contributed by atoms with Crippen molar-refractivity contribution in [3.63, 3.8) is 0 Å². The van der Waals surface area contributed by atoms with Gasteiger partial charge in [0.2, 0.25) is 0 Å². The minimum atomic E-state index is -0.957. The molecule has 0 saturated carbocycles. The van der Waals surface area contributed by atoms with E-state index in [9.17, 15) is 5.11 Å². The van der Waals surface area contributed by atoms with Crippen molar-refractivity contribution in [3.05, 3.63) is 71.5 Å². The summed E-state index contributed by atoms with van der Waals surface area (Å²) < 4.78 is 17.6. The third kappa shape index (κ3) is 4.53. The minimum Gasteiger partial charge on any atom is -0.490 e. The van der Waals surface area contributed by atoms with Crippen molar-refractivity contribution in [3.8, 4) is 28.4 Å². The van der Waals surface area contributed by atoms with Gasteiger partial charge in [-0.2, -0.15) is 0 Å². The van der Waals surface area contributed by atoms with Gasteiger partial charge in [-0.05, 0) is 62.2 Å². The van der Waals surface area contributed by atoms with Gasteiger partial charge in [0.15, 0.2) is 0 Å². The molecule has 0 aliphatic carbocycles. The van der Waals surface area contributed by atoms with E-state index in [-0.39, 0.29) is 25.2 Å². The number of aromatic nitrogens is 1. The molecular formula is C25H27N3O4. The summed E-state index contributed by atoms with van der Waals surface area (Å²) in [7, 11) is 0. The van der Waals surface area contributed by atoms with Crippen molar-refractivity contribution >= 4 is 6.02 Å². The molecule has 2 aromatic carbocycles. The minimum absolute atomic E-state index is 0.157. The predicted molar refractivity (Wildman–Crippen MR) is 122 cm³/mol. The van der Waals surface area contributed by atoms with Gasteiger partial charge < -0.3 is 25.1 Å². The number of aliphatic hydroxyl groups is 1. The van der Waals surface area contributed by atoms with Crippen LogP contribution in [0.4, 0.5) is 0 Å². The van der Waals surface area contributed by atoms with Gasteiger partial charge in [-0.15, -0.1) is 0 Å². The first-order chi connectivity index (χ1) is 15.2. The Morgan fingerprint density at radius 1 is 1.19 bits per heavy atom. The maximum absolute atomic E-state index is 10.1. The highest BCUT2D eigenvalue weighted by molar-refractivity contribution is 5.70. The van der Waals surface area contributed by atoms with Crippen molar-refractivity contribution in [2.75, 3.05) is 13.2 Å². The molecule has 0 fully saturated rings. The lowest BCUT2D eigenvalue weighted by Crippen LogP contribution is -2.28. The molecule has 0 unspecified atom stereocenters. The molecule has 7 heteroatoms. The van der Waals surface area contributed by atoms with E-state index in [1.807, 2.05) is 49.5 Å². The number of rotatable bonds is 6. The highest BCUT2D eigenvalue weighted by atomic mass is 16.5. The Labute approximate surface area is 187 Å². The highest BCUT2D eigenvalue weighted by Gasteiger charge is 2.31. The summed E-state index contributed by atoms with van der Waals surface area (Å²) in [6, 6.07) is 13.3. The summed E-state index contributed by atoms with van der Waals surface area (Å²) in [5, 5.41) is 17.6. The molecule has 3 aromatic rings. The fourth-order valence-corrected chi connectivity index (χ4v) is 3.86. The number of hydrogen-bond donors (Lipinski definition) is 3. The average Bonchev–Trinajstić information content (AvgIpc) is 2.76. The van der Waals surface area contributed by atoms with Gasteiger partial charge in [-0.25, -0.2) is 0 Å². The van der Waals surface area contributed by atoms with Crippen molar-refractivity contribution in [1.82, 2.24) is 4.98 Å². The van der Waals surface area contributed by atoms with Gasteiger partial charge in [0, 0.05) is 29.1 Å². The van der Waals surface area contributed by atoms with E-state index in [0.29, 0.717) is 11.5 Å². The molecule has 0 amide bonds. The number of hydrogen-bond acceptors (Lipinski definition) is 6. The summed E-state index contributed by atoms with van der Waals surface area (Å²) in [6.07, 6.45) is 3.55. The Hall–Kier alpha value is -3.58. The van der Waals surface area contributed by atoms with Crippen LogP contribution < -0.4 is 15.2 Å². The van der Waals surface area contributed by atoms with Crippen LogP contribution in [0.5, 0.6) is 17.2 Å². The molecule has 0 spiro atoms. The lowest BCUT2D eigenvalue weighted by Gasteiger charge is -2.31. The molecule has 7 nitrogen and oxygen atoms in total. The zero-order chi connectivity index (χ0) is 22.9. The third-order valence-electron chi connectivity index (χ3n) is 5.36. The number of fused-ring (bicyclic) bond motifs is 2. The van der Waals surface area contributed by atoms with Crippen LogP contribution in [0.3, 0.4) is 0 Å². The first-order valence-electron chi connectivity index (χ1n) is 10.4. The lowest BCUT2D eigenvalue weighted by molar-refractivity contribution is 0.0282. The Morgan fingerprint density at radius 3 is 2.66 bits per heavy atom. The largest absolute Gasteiger partial charge is 0.490 e. The van der Waals surface area contributed by atoms with Gasteiger partial charge in [-0.1, -0.05) is 12.1 Å². The molecule has 0 radical (unpaired) electrons. The predicted octanol–water partition coefficient (Wildman–Crippen LogP) is 4.35. The number of ether oxygens (including phenoxy) is 3. The molecule has 1 atom stereocenters. The molecule has 4 N–H and O–H groups in total. The monoisotopic (exact) mass is 433 g/mol. The molecule has 4 rings (SSSR count). The summed E-state index contributed by atoms with van der Waals surface area (Å²) >= 11 is 0.